The Morgan fingerprint density at radius 3 is 2.92 bits per heavy atom. The Labute approximate surface area is 68.6 Å². The molecular formula is C7H8O5. The minimum absolute atomic E-state index is 0.148. The molecule has 5 heteroatoms. The van der Waals surface area contributed by atoms with Crippen molar-refractivity contribution in [3.8, 4) is 0 Å². The van der Waals surface area contributed by atoms with Crippen LogP contribution < -0.4 is 0 Å². The van der Waals surface area contributed by atoms with Gasteiger partial charge in [-0.1, -0.05) is 0 Å². The topological polar surface area (TPSA) is 72.8 Å². The molecule has 0 radical (unpaired) electrons. The van der Waals surface area contributed by atoms with Gasteiger partial charge in [0, 0.05) is 0 Å². The molecule has 1 atom stereocenters. The SMILES string of the molecule is COC(=O)CC1OC(=O)C=C1O. The number of hydrogen-bond donors (Lipinski definition) is 1. The van der Waals surface area contributed by atoms with Gasteiger partial charge in [0.05, 0.1) is 19.6 Å². The monoisotopic (exact) mass is 172 g/mol. The molecule has 66 valence electrons. The average molecular weight is 172 g/mol. The van der Waals surface area contributed by atoms with Crippen molar-refractivity contribution < 1.29 is 24.2 Å². The Kier molecular flexibility index (Phi) is 2.32. The number of aliphatic hydroxyl groups is 1. The van der Waals surface area contributed by atoms with Crippen molar-refractivity contribution in [3.05, 3.63) is 11.8 Å². The predicted octanol–water partition coefficient (Wildman–Crippen LogP) is -0.0832. The first kappa shape index (κ1) is 8.58. The fourth-order valence-corrected chi connectivity index (χ4v) is 0.829. The van der Waals surface area contributed by atoms with Crippen LogP contribution in [0.2, 0.25) is 0 Å². The predicted molar refractivity (Wildman–Crippen MR) is 37.2 cm³/mol. The fourth-order valence-electron chi connectivity index (χ4n) is 0.829. The highest BCUT2D eigenvalue weighted by Gasteiger charge is 2.28. The van der Waals surface area contributed by atoms with Crippen molar-refractivity contribution in [1.82, 2.24) is 0 Å². The van der Waals surface area contributed by atoms with Crippen molar-refractivity contribution in [2.45, 2.75) is 12.5 Å². The number of carbonyl (C=O) groups excluding carboxylic acids is 2. The van der Waals surface area contributed by atoms with E-state index in [0.29, 0.717) is 0 Å². The highest BCUT2D eigenvalue weighted by molar-refractivity contribution is 5.86. The van der Waals surface area contributed by atoms with Gasteiger partial charge in [0.2, 0.25) is 0 Å². The quantitative estimate of drug-likeness (QED) is 0.589. The number of ether oxygens (including phenoxy) is 2. The minimum atomic E-state index is -0.870. The van der Waals surface area contributed by atoms with E-state index < -0.39 is 18.0 Å². The summed E-state index contributed by atoms with van der Waals surface area (Å²) in [7, 11) is 1.22. The number of rotatable bonds is 2. The zero-order valence-corrected chi connectivity index (χ0v) is 6.44. The van der Waals surface area contributed by atoms with Crippen LogP contribution in [0.15, 0.2) is 11.8 Å². The molecule has 12 heavy (non-hydrogen) atoms. The summed E-state index contributed by atoms with van der Waals surface area (Å²) in [5, 5.41) is 9.01. The summed E-state index contributed by atoms with van der Waals surface area (Å²) in [4.78, 5) is 21.2. The van der Waals surface area contributed by atoms with Crippen molar-refractivity contribution >= 4 is 11.9 Å². The smallest absolute Gasteiger partial charge is 0.335 e. The molecule has 0 bridgehead atoms. The molecule has 1 heterocycles. The van der Waals surface area contributed by atoms with Crippen LogP contribution in [-0.4, -0.2) is 30.3 Å². The lowest BCUT2D eigenvalue weighted by Crippen LogP contribution is -2.17. The molecule has 0 aromatic rings. The summed E-state index contributed by atoms with van der Waals surface area (Å²) in [6.45, 7) is 0. The molecule has 0 spiro atoms. The number of esters is 2. The maximum atomic E-state index is 10.7. The fraction of sp³-hybridized carbons (Fsp3) is 0.429. The van der Waals surface area contributed by atoms with E-state index in [4.69, 9.17) is 5.11 Å². The molecule has 1 N–H and O–H groups in total. The van der Waals surface area contributed by atoms with Crippen LogP contribution in [0.4, 0.5) is 0 Å². The van der Waals surface area contributed by atoms with E-state index >= 15 is 0 Å². The van der Waals surface area contributed by atoms with Crippen molar-refractivity contribution in [3.63, 3.8) is 0 Å². The molecule has 0 aromatic heterocycles. The number of cyclic esters (lactones) is 1. The summed E-state index contributed by atoms with van der Waals surface area (Å²) < 4.78 is 8.89. The van der Waals surface area contributed by atoms with Crippen LogP contribution in [0.3, 0.4) is 0 Å². The Balaban J connectivity index is 2.51. The van der Waals surface area contributed by atoms with Gasteiger partial charge in [-0.3, -0.25) is 4.79 Å². The lowest BCUT2D eigenvalue weighted by Gasteiger charge is -2.07. The van der Waals surface area contributed by atoms with Crippen molar-refractivity contribution in [2.75, 3.05) is 7.11 Å². The molecule has 1 aliphatic rings. The Morgan fingerprint density at radius 2 is 2.50 bits per heavy atom. The average Bonchev–Trinajstić information content (AvgIpc) is 2.30. The Morgan fingerprint density at radius 1 is 1.83 bits per heavy atom. The molecule has 5 nitrogen and oxygen atoms in total. The third-order valence-electron chi connectivity index (χ3n) is 1.43. The first-order valence-corrected chi connectivity index (χ1v) is 3.31. The van der Waals surface area contributed by atoms with Gasteiger partial charge in [-0.05, 0) is 0 Å². The second-order valence-electron chi connectivity index (χ2n) is 2.27. The zero-order valence-electron chi connectivity index (χ0n) is 6.44. The van der Waals surface area contributed by atoms with E-state index in [1.54, 1.807) is 0 Å². The van der Waals surface area contributed by atoms with Crippen molar-refractivity contribution in [1.29, 1.82) is 0 Å². The largest absolute Gasteiger partial charge is 0.508 e. The van der Waals surface area contributed by atoms with Gasteiger partial charge >= 0.3 is 11.9 Å². The summed E-state index contributed by atoms with van der Waals surface area (Å²) >= 11 is 0. The standard InChI is InChI=1S/C7H8O5/c1-11-6(9)3-5-4(8)2-7(10)12-5/h2,5,8H,3H2,1H3. The highest BCUT2D eigenvalue weighted by Crippen LogP contribution is 2.16. The number of hydrogen-bond acceptors (Lipinski definition) is 5. The molecule has 0 amide bonds. The first-order chi connectivity index (χ1) is 5.63. The molecule has 0 aliphatic carbocycles. The van der Waals surface area contributed by atoms with Crippen LogP contribution >= 0.6 is 0 Å². The van der Waals surface area contributed by atoms with Gasteiger partial charge in [0.25, 0.3) is 0 Å². The molecule has 0 saturated carbocycles. The minimum Gasteiger partial charge on any atom is -0.508 e. The maximum absolute atomic E-state index is 10.7. The second-order valence-corrected chi connectivity index (χ2v) is 2.27. The van der Waals surface area contributed by atoms with Gasteiger partial charge in [0.1, 0.15) is 5.76 Å². The Bertz CT molecular complexity index is 242. The molecule has 1 aliphatic heterocycles. The van der Waals surface area contributed by atoms with Crippen LogP contribution in [0, 0.1) is 0 Å². The second kappa shape index (κ2) is 3.25. The summed E-state index contributed by atoms with van der Waals surface area (Å²) in [5.74, 6) is -1.40. The number of carbonyl (C=O) groups is 2. The molecular weight excluding hydrogens is 164 g/mol. The molecule has 0 saturated heterocycles. The van der Waals surface area contributed by atoms with E-state index in [1.807, 2.05) is 0 Å². The number of methoxy groups -OCH3 is 1. The highest BCUT2D eigenvalue weighted by atomic mass is 16.6. The maximum Gasteiger partial charge on any atom is 0.335 e. The van der Waals surface area contributed by atoms with Crippen LogP contribution in [0.5, 0.6) is 0 Å². The Hall–Kier alpha value is -1.52. The van der Waals surface area contributed by atoms with Gasteiger partial charge in [0.15, 0.2) is 6.10 Å². The van der Waals surface area contributed by atoms with E-state index in [-0.39, 0.29) is 12.2 Å². The van der Waals surface area contributed by atoms with Crippen LogP contribution in [0.25, 0.3) is 0 Å². The lowest BCUT2D eigenvalue weighted by molar-refractivity contribution is -0.147. The summed E-state index contributed by atoms with van der Waals surface area (Å²) in [6, 6.07) is 0. The van der Waals surface area contributed by atoms with Gasteiger partial charge in [-0.15, -0.1) is 0 Å². The molecule has 0 fully saturated rings. The van der Waals surface area contributed by atoms with Crippen LogP contribution in [-0.2, 0) is 19.1 Å². The van der Waals surface area contributed by atoms with E-state index in [2.05, 4.69) is 9.47 Å². The molecule has 0 aromatic carbocycles. The summed E-state index contributed by atoms with van der Waals surface area (Å²) in [6.07, 6.45) is -0.0806. The number of aliphatic hydroxyl groups excluding tert-OH is 1. The third kappa shape index (κ3) is 1.75. The zero-order chi connectivity index (χ0) is 9.14. The van der Waals surface area contributed by atoms with Crippen LogP contribution in [0.1, 0.15) is 6.42 Å². The normalized spacial score (nSPS) is 21.6. The van der Waals surface area contributed by atoms with Gasteiger partial charge in [-0.25, -0.2) is 4.79 Å². The van der Waals surface area contributed by atoms with E-state index in [1.165, 1.54) is 7.11 Å². The summed E-state index contributed by atoms with van der Waals surface area (Å²) in [5.41, 5.74) is 0. The molecule has 1 rings (SSSR count). The molecule has 1 unspecified atom stereocenters. The van der Waals surface area contributed by atoms with E-state index in [9.17, 15) is 9.59 Å². The first-order valence-electron chi connectivity index (χ1n) is 3.31. The lowest BCUT2D eigenvalue weighted by atomic mass is 10.2. The van der Waals surface area contributed by atoms with Gasteiger partial charge in [-0.2, -0.15) is 0 Å². The van der Waals surface area contributed by atoms with Gasteiger partial charge < -0.3 is 14.6 Å². The van der Waals surface area contributed by atoms with Crippen molar-refractivity contribution in [2.24, 2.45) is 0 Å². The van der Waals surface area contributed by atoms with E-state index in [0.717, 1.165) is 6.08 Å². The third-order valence-corrected chi connectivity index (χ3v) is 1.43.